The summed E-state index contributed by atoms with van der Waals surface area (Å²) in [6, 6.07) is 15.3. The molecular formula is C28H34N10O6. The number of hydrogen-bond acceptors (Lipinski definition) is 9. The summed E-state index contributed by atoms with van der Waals surface area (Å²) in [4.78, 5) is 23.4. The van der Waals surface area contributed by atoms with Crippen LogP contribution in [0.4, 0.5) is 4.79 Å². The minimum absolute atomic E-state index is 0.0768. The molecule has 0 radical (unpaired) electrons. The lowest BCUT2D eigenvalue weighted by atomic mass is 9.84. The van der Waals surface area contributed by atoms with Crippen molar-refractivity contribution in [1.82, 2.24) is 4.90 Å². The maximum atomic E-state index is 13.5. The third-order valence-corrected chi connectivity index (χ3v) is 7.87. The van der Waals surface area contributed by atoms with Crippen LogP contribution in [-0.2, 0) is 27.4 Å². The zero-order valence-corrected chi connectivity index (χ0v) is 24.0. The van der Waals surface area contributed by atoms with Gasteiger partial charge < -0.3 is 24.4 Å². The number of nitrogens with zero attached hydrogens (tertiary/aromatic N) is 10. The van der Waals surface area contributed by atoms with Crippen molar-refractivity contribution in [2.45, 2.75) is 94.2 Å². The molecule has 1 heterocycles. The lowest BCUT2D eigenvalue weighted by Crippen LogP contribution is -2.58. The highest BCUT2D eigenvalue weighted by Gasteiger charge is 2.47. The van der Waals surface area contributed by atoms with E-state index in [0.717, 1.165) is 11.1 Å². The molecule has 1 aliphatic heterocycles. The molecule has 0 bridgehead atoms. The van der Waals surface area contributed by atoms with Crippen molar-refractivity contribution in [2.75, 3.05) is 0 Å². The van der Waals surface area contributed by atoms with Crippen molar-refractivity contribution in [3.63, 3.8) is 0 Å². The van der Waals surface area contributed by atoms with E-state index in [0.29, 0.717) is 12.8 Å². The van der Waals surface area contributed by atoms with E-state index in [-0.39, 0.29) is 19.6 Å². The van der Waals surface area contributed by atoms with Gasteiger partial charge in [-0.05, 0) is 53.9 Å². The third-order valence-electron chi connectivity index (χ3n) is 7.87. The molecule has 2 fully saturated rings. The number of amides is 1. The fourth-order valence-corrected chi connectivity index (χ4v) is 5.47. The first-order valence-electron chi connectivity index (χ1n) is 14.2. The molecule has 2 aromatic carbocycles. The molecule has 0 unspecified atom stereocenters. The summed E-state index contributed by atoms with van der Waals surface area (Å²) >= 11 is 0. The molecular weight excluding hydrogens is 572 g/mol. The third kappa shape index (κ3) is 8.10. The Morgan fingerprint density at radius 3 is 2.14 bits per heavy atom. The lowest BCUT2D eigenvalue weighted by molar-refractivity contribution is -0.259. The second-order valence-electron chi connectivity index (χ2n) is 10.6. The minimum Gasteiger partial charge on any atom is -0.445 e. The average molecular weight is 607 g/mol. The molecule has 9 atom stereocenters. The quantitative estimate of drug-likeness (QED) is 0.196. The monoisotopic (exact) mass is 606 g/mol. The second kappa shape index (κ2) is 15.8. The zero-order chi connectivity index (χ0) is 31.5. The predicted octanol–water partition coefficient (Wildman–Crippen LogP) is 5.27. The Bertz CT molecular complexity index is 1380. The van der Waals surface area contributed by atoms with Crippen molar-refractivity contribution < 1.29 is 29.2 Å². The summed E-state index contributed by atoms with van der Waals surface area (Å²) in [5.74, 6) is 0. The van der Waals surface area contributed by atoms with Gasteiger partial charge in [-0.1, -0.05) is 76.0 Å². The van der Waals surface area contributed by atoms with Crippen LogP contribution in [0.15, 0.2) is 76.0 Å². The van der Waals surface area contributed by atoms with Gasteiger partial charge >= 0.3 is 6.09 Å². The lowest BCUT2D eigenvalue weighted by Gasteiger charge is -2.45. The highest BCUT2D eigenvalue weighted by molar-refractivity contribution is 5.68. The molecule has 1 saturated heterocycles. The number of azide groups is 3. The smallest absolute Gasteiger partial charge is 0.410 e. The summed E-state index contributed by atoms with van der Waals surface area (Å²) in [6.45, 7) is 2.12. The van der Waals surface area contributed by atoms with Crippen molar-refractivity contribution in [3.8, 4) is 0 Å². The number of rotatable bonds is 11. The van der Waals surface area contributed by atoms with Gasteiger partial charge in [0.25, 0.3) is 0 Å². The Morgan fingerprint density at radius 2 is 1.50 bits per heavy atom. The van der Waals surface area contributed by atoms with Gasteiger partial charge in [-0.3, -0.25) is 4.90 Å². The van der Waals surface area contributed by atoms with E-state index in [9.17, 15) is 20.5 Å². The van der Waals surface area contributed by atoms with Crippen LogP contribution >= 0.6 is 0 Å². The van der Waals surface area contributed by atoms with Crippen molar-refractivity contribution in [2.24, 2.45) is 15.3 Å². The van der Waals surface area contributed by atoms with E-state index in [1.54, 1.807) is 4.90 Å². The SMILES string of the molecule is C[C@H]([C@@H]1CC[C@@H](N=[N+]=[N-])[C@@H](O[C@H]2[C@H](O)[C@@H](O)[C@H](N=[N+]=[N-])C[C@@H]2N=[N+]=[N-])O1)N(Cc1ccccc1)C(=O)OCc1ccccc1. The highest BCUT2D eigenvalue weighted by atomic mass is 16.7. The van der Waals surface area contributed by atoms with Crippen molar-refractivity contribution in [1.29, 1.82) is 0 Å². The first kappa shape index (κ1) is 32.4. The summed E-state index contributed by atoms with van der Waals surface area (Å²) in [5.41, 5.74) is 28.9. The molecule has 16 heteroatoms. The molecule has 16 nitrogen and oxygen atoms in total. The topological polar surface area (TPSA) is 235 Å². The number of carbonyl (C=O) groups is 1. The summed E-state index contributed by atoms with van der Waals surface area (Å²) < 4.78 is 18.0. The van der Waals surface area contributed by atoms with Gasteiger partial charge in [-0.2, -0.15) is 0 Å². The van der Waals surface area contributed by atoms with Crippen LogP contribution in [0.5, 0.6) is 0 Å². The summed E-state index contributed by atoms with van der Waals surface area (Å²) in [7, 11) is 0. The van der Waals surface area contributed by atoms with Gasteiger partial charge in [0.1, 0.15) is 12.7 Å². The van der Waals surface area contributed by atoms with E-state index < -0.39 is 61.0 Å². The number of hydrogen-bond donors (Lipinski definition) is 2. The van der Waals surface area contributed by atoms with E-state index in [2.05, 4.69) is 30.1 Å². The zero-order valence-electron chi connectivity index (χ0n) is 24.0. The summed E-state index contributed by atoms with van der Waals surface area (Å²) in [6.07, 6.45) is -6.13. The molecule has 4 rings (SSSR count). The number of aliphatic hydroxyl groups excluding tert-OH is 2. The first-order chi connectivity index (χ1) is 21.4. The fourth-order valence-electron chi connectivity index (χ4n) is 5.47. The van der Waals surface area contributed by atoms with Crippen LogP contribution in [0.25, 0.3) is 31.3 Å². The van der Waals surface area contributed by atoms with Crippen LogP contribution < -0.4 is 0 Å². The molecule has 1 aliphatic carbocycles. The Kier molecular flexibility index (Phi) is 11.6. The molecule has 2 aromatic rings. The van der Waals surface area contributed by atoms with Gasteiger partial charge in [0.05, 0.1) is 42.5 Å². The Balaban J connectivity index is 1.55. The van der Waals surface area contributed by atoms with Gasteiger partial charge in [-0.15, -0.1) is 0 Å². The van der Waals surface area contributed by atoms with Gasteiger partial charge in [0, 0.05) is 21.3 Å². The van der Waals surface area contributed by atoms with Gasteiger partial charge in [-0.25, -0.2) is 4.79 Å². The minimum atomic E-state index is -1.61. The highest BCUT2D eigenvalue weighted by Crippen LogP contribution is 2.34. The van der Waals surface area contributed by atoms with Crippen LogP contribution in [0.2, 0.25) is 0 Å². The van der Waals surface area contributed by atoms with E-state index in [1.807, 2.05) is 67.6 Å². The van der Waals surface area contributed by atoms with E-state index >= 15 is 0 Å². The molecule has 1 saturated carbocycles. The van der Waals surface area contributed by atoms with Crippen LogP contribution in [0.3, 0.4) is 0 Å². The van der Waals surface area contributed by atoms with E-state index in [1.165, 1.54) is 0 Å². The summed E-state index contributed by atoms with van der Waals surface area (Å²) in [5, 5.41) is 32.4. The number of ether oxygens (including phenoxy) is 3. The number of carbonyl (C=O) groups excluding carboxylic acids is 1. The van der Waals surface area contributed by atoms with Crippen LogP contribution in [0.1, 0.15) is 37.3 Å². The molecule has 1 amide bonds. The standard InChI is InChI=1S/C28H34N10O6/c1-17(38(15-18-8-4-2-5-9-18)28(41)42-16-19-10-6-3-7-11-19)23-13-12-20(32-35-29)27(43-23)44-26-22(34-37-31)14-21(33-36-30)24(39)25(26)40/h2-11,17,20-27,39-40H,12-16H2,1H3/t17-,20-,21-,22+,23+,24+,25-,26-,27-/m1/s1. The van der Waals surface area contributed by atoms with Crippen LogP contribution in [-0.4, -0.2) is 76.1 Å². The van der Waals surface area contributed by atoms with Gasteiger partial charge in [0.15, 0.2) is 6.29 Å². The van der Waals surface area contributed by atoms with Gasteiger partial charge in [0.2, 0.25) is 0 Å². The number of benzene rings is 2. The number of aliphatic hydroxyl groups is 2. The Hall–Kier alpha value is -4.52. The molecule has 0 spiro atoms. The molecule has 0 aromatic heterocycles. The molecule has 2 aliphatic rings. The Labute approximate surface area is 253 Å². The first-order valence-corrected chi connectivity index (χ1v) is 14.2. The molecule has 2 N–H and O–H groups in total. The van der Waals surface area contributed by atoms with Crippen molar-refractivity contribution >= 4 is 6.09 Å². The average Bonchev–Trinajstić information content (AvgIpc) is 3.04. The Morgan fingerprint density at radius 1 is 0.909 bits per heavy atom. The normalized spacial score (nSPS) is 28.7. The maximum Gasteiger partial charge on any atom is 0.410 e. The maximum absolute atomic E-state index is 13.5. The molecule has 232 valence electrons. The fraction of sp³-hybridized carbons (Fsp3) is 0.536. The van der Waals surface area contributed by atoms with E-state index in [4.69, 9.17) is 25.3 Å². The van der Waals surface area contributed by atoms with Crippen LogP contribution in [0, 0.1) is 0 Å². The largest absolute Gasteiger partial charge is 0.445 e. The predicted molar refractivity (Wildman–Crippen MR) is 156 cm³/mol. The second-order valence-corrected chi connectivity index (χ2v) is 10.6. The van der Waals surface area contributed by atoms with Crippen molar-refractivity contribution in [3.05, 3.63) is 103 Å². The molecule has 44 heavy (non-hydrogen) atoms.